The van der Waals surface area contributed by atoms with Crippen LogP contribution in [0.1, 0.15) is 29.0 Å². The zero-order valence-corrected chi connectivity index (χ0v) is 14.1. The number of hydrogen-bond donors (Lipinski definition) is 1. The number of amides is 1. The number of carbonyl (C=O) groups is 1. The molecule has 1 amide bonds. The van der Waals surface area contributed by atoms with Crippen LogP contribution in [-0.2, 0) is 17.6 Å². The number of carbonyl (C=O) groups excluding carboxylic acids is 1. The van der Waals surface area contributed by atoms with Crippen LogP contribution in [0.4, 0.5) is 5.13 Å². The number of benzene rings is 1. The molecule has 3 rings (SSSR count). The number of nitrogens with zero attached hydrogens (tertiary/aromatic N) is 1. The maximum absolute atomic E-state index is 12.0. The number of halogens is 2. The van der Waals surface area contributed by atoms with Gasteiger partial charge in [-0.1, -0.05) is 29.3 Å². The summed E-state index contributed by atoms with van der Waals surface area (Å²) >= 11 is 13.4. The quantitative estimate of drug-likeness (QED) is 0.791. The summed E-state index contributed by atoms with van der Waals surface area (Å²) in [6, 6.07) is 5.23. The topological polar surface area (TPSA) is 42.0 Å². The molecule has 1 aliphatic carbocycles. The van der Waals surface area contributed by atoms with E-state index in [0.29, 0.717) is 15.2 Å². The van der Waals surface area contributed by atoms with Crippen LogP contribution in [0.5, 0.6) is 0 Å². The van der Waals surface area contributed by atoms with Gasteiger partial charge in [0.25, 0.3) is 0 Å². The Bertz CT molecular complexity index is 716. The Kier molecular flexibility index (Phi) is 4.81. The van der Waals surface area contributed by atoms with Crippen molar-refractivity contribution in [3.63, 3.8) is 0 Å². The fraction of sp³-hybridized carbons (Fsp3) is 0.250. The molecule has 0 spiro atoms. The van der Waals surface area contributed by atoms with Crippen molar-refractivity contribution in [3.05, 3.63) is 50.5 Å². The fourth-order valence-electron chi connectivity index (χ4n) is 2.34. The van der Waals surface area contributed by atoms with E-state index in [1.165, 1.54) is 23.8 Å². The second-order valence-electron chi connectivity index (χ2n) is 5.09. The minimum Gasteiger partial charge on any atom is -0.298 e. The highest BCUT2D eigenvalue weighted by Gasteiger charge is 2.15. The van der Waals surface area contributed by atoms with E-state index in [4.69, 9.17) is 23.2 Å². The van der Waals surface area contributed by atoms with Gasteiger partial charge in [0, 0.05) is 11.0 Å². The van der Waals surface area contributed by atoms with E-state index in [1.807, 2.05) is 0 Å². The van der Waals surface area contributed by atoms with Crippen LogP contribution in [0, 0.1) is 0 Å². The molecule has 0 atom stereocenters. The van der Waals surface area contributed by atoms with Crippen LogP contribution in [0.25, 0.3) is 6.08 Å². The molecule has 1 aliphatic rings. The molecule has 1 aromatic carbocycles. The summed E-state index contributed by atoms with van der Waals surface area (Å²) in [4.78, 5) is 17.7. The van der Waals surface area contributed by atoms with Gasteiger partial charge in [-0.15, -0.1) is 11.3 Å². The maximum Gasteiger partial charge on any atom is 0.250 e. The zero-order chi connectivity index (χ0) is 15.5. The molecule has 1 N–H and O–H groups in total. The fourth-order valence-corrected chi connectivity index (χ4v) is 3.70. The van der Waals surface area contributed by atoms with Gasteiger partial charge in [0.15, 0.2) is 5.13 Å². The molecule has 0 fully saturated rings. The molecular formula is C16H14Cl2N2OS. The molecule has 1 aromatic heterocycles. The SMILES string of the molecule is O=C(/C=C/c1ccc(Cl)c(Cl)c1)Nc1nc2c(s1)CCCC2. The van der Waals surface area contributed by atoms with Crippen molar-refractivity contribution < 1.29 is 4.79 Å². The number of nitrogens with one attached hydrogen (secondary N) is 1. The normalized spacial score (nSPS) is 14.1. The third-order valence-electron chi connectivity index (χ3n) is 3.45. The van der Waals surface area contributed by atoms with Gasteiger partial charge in [-0.25, -0.2) is 4.98 Å². The number of rotatable bonds is 3. The average Bonchev–Trinajstić information content (AvgIpc) is 2.90. The zero-order valence-electron chi connectivity index (χ0n) is 11.7. The highest BCUT2D eigenvalue weighted by atomic mass is 35.5. The molecule has 6 heteroatoms. The van der Waals surface area contributed by atoms with Crippen molar-refractivity contribution in [2.24, 2.45) is 0 Å². The number of thiazole rings is 1. The van der Waals surface area contributed by atoms with Gasteiger partial charge in [-0.3, -0.25) is 10.1 Å². The molecule has 0 saturated carbocycles. The molecule has 0 saturated heterocycles. The van der Waals surface area contributed by atoms with Crippen LogP contribution in [0.15, 0.2) is 24.3 Å². The van der Waals surface area contributed by atoms with Crippen molar-refractivity contribution in [2.45, 2.75) is 25.7 Å². The van der Waals surface area contributed by atoms with Crippen molar-refractivity contribution in [1.82, 2.24) is 4.98 Å². The van der Waals surface area contributed by atoms with Crippen molar-refractivity contribution in [2.75, 3.05) is 5.32 Å². The van der Waals surface area contributed by atoms with Gasteiger partial charge in [-0.05, 0) is 49.5 Å². The summed E-state index contributed by atoms with van der Waals surface area (Å²) < 4.78 is 0. The summed E-state index contributed by atoms with van der Waals surface area (Å²) in [5, 5.41) is 4.46. The molecule has 0 unspecified atom stereocenters. The van der Waals surface area contributed by atoms with Gasteiger partial charge in [0.05, 0.1) is 15.7 Å². The number of aromatic nitrogens is 1. The van der Waals surface area contributed by atoms with Crippen LogP contribution in [0.3, 0.4) is 0 Å². The smallest absolute Gasteiger partial charge is 0.250 e. The summed E-state index contributed by atoms with van der Waals surface area (Å²) in [6.07, 6.45) is 7.65. The molecule has 0 bridgehead atoms. The first-order chi connectivity index (χ1) is 10.6. The molecule has 0 radical (unpaired) electrons. The molecule has 0 aliphatic heterocycles. The number of aryl methyl sites for hydroxylation is 2. The van der Waals surface area contributed by atoms with E-state index < -0.39 is 0 Å². The third-order valence-corrected chi connectivity index (χ3v) is 5.26. The Morgan fingerprint density at radius 1 is 1.23 bits per heavy atom. The van der Waals surface area contributed by atoms with Gasteiger partial charge in [0.1, 0.15) is 0 Å². The predicted octanol–water partition coefficient (Wildman–Crippen LogP) is 4.98. The Balaban J connectivity index is 1.65. The molecule has 1 heterocycles. The minimum absolute atomic E-state index is 0.197. The van der Waals surface area contributed by atoms with Gasteiger partial charge in [-0.2, -0.15) is 0 Å². The van der Waals surface area contributed by atoms with Crippen LogP contribution in [0.2, 0.25) is 10.0 Å². The lowest BCUT2D eigenvalue weighted by Crippen LogP contribution is -2.07. The lowest BCUT2D eigenvalue weighted by atomic mass is 10.0. The van der Waals surface area contributed by atoms with Crippen LogP contribution >= 0.6 is 34.5 Å². The van der Waals surface area contributed by atoms with Crippen molar-refractivity contribution in [1.29, 1.82) is 0 Å². The predicted molar refractivity (Wildman–Crippen MR) is 92.9 cm³/mol. The van der Waals surface area contributed by atoms with Gasteiger partial charge >= 0.3 is 0 Å². The first kappa shape index (κ1) is 15.5. The third kappa shape index (κ3) is 3.69. The minimum atomic E-state index is -0.197. The Morgan fingerprint density at radius 3 is 2.82 bits per heavy atom. The highest BCUT2D eigenvalue weighted by Crippen LogP contribution is 2.29. The summed E-state index contributed by atoms with van der Waals surface area (Å²) in [7, 11) is 0. The number of hydrogen-bond acceptors (Lipinski definition) is 3. The second kappa shape index (κ2) is 6.82. The van der Waals surface area contributed by atoms with E-state index in [0.717, 1.165) is 24.1 Å². The van der Waals surface area contributed by atoms with Crippen molar-refractivity contribution >= 4 is 51.7 Å². The van der Waals surface area contributed by atoms with Crippen LogP contribution in [-0.4, -0.2) is 10.9 Å². The first-order valence-corrected chi connectivity index (χ1v) is 8.62. The lowest BCUT2D eigenvalue weighted by molar-refractivity contribution is -0.111. The molecule has 3 nitrogen and oxygen atoms in total. The van der Waals surface area contributed by atoms with E-state index >= 15 is 0 Å². The second-order valence-corrected chi connectivity index (χ2v) is 6.99. The number of anilines is 1. The largest absolute Gasteiger partial charge is 0.298 e. The monoisotopic (exact) mass is 352 g/mol. The Labute approximate surface area is 143 Å². The maximum atomic E-state index is 12.0. The molecular weight excluding hydrogens is 339 g/mol. The van der Waals surface area contributed by atoms with E-state index in [2.05, 4.69) is 10.3 Å². The lowest BCUT2D eigenvalue weighted by Gasteiger charge is -2.06. The summed E-state index contributed by atoms with van der Waals surface area (Å²) in [5.41, 5.74) is 1.96. The van der Waals surface area contributed by atoms with Gasteiger partial charge < -0.3 is 0 Å². The molecule has 22 heavy (non-hydrogen) atoms. The standard InChI is InChI=1S/C16H14Cl2N2OS/c17-11-7-5-10(9-12(11)18)6-8-15(21)20-16-19-13-3-1-2-4-14(13)22-16/h5-9H,1-4H2,(H,19,20,21)/b8-6+. The van der Waals surface area contributed by atoms with Crippen molar-refractivity contribution in [3.8, 4) is 0 Å². The van der Waals surface area contributed by atoms with E-state index in [9.17, 15) is 4.79 Å². The Hall–Kier alpha value is -1.36. The van der Waals surface area contributed by atoms with Gasteiger partial charge in [0.2, 0.25) is 5.91 Å². The van der Waals surface area contributed by atoms with E-state index in [-0.39, 0.29) is 5.91 Å². The molecule has 114 valence electrons. The van der Waals surface area contributed by atoms with Crippen LogP contribution < -0.4 is 5.32 Å². The molecule has 2 aromatic rings. The highest BCUT2D eigenvalue weighted by molar-refractivity contribution is 7.15. The first-order valence-electron chi connectivity index (χ1n) is 7.04. The van der Waals surface area contributed by atoms with E-state index in [1.54, 1.807) is 35.6 Å². The summed E-state index contributed by atoms with van der Waals surface area (Å²) in [6.45, 7) is 0. The number of fused-ring (bicyclic) bond motifs is 1. The summed E-state index contributed by atoms with van der Waals surface area (Å²) in [5.74, 6) is -0.197. The Morgan fingerprint density at radius 2 is 2.05 bits per heavy atom. The average molecular weight is 353 g/mol.